The fraction of sp³-hybridized carbons (Fsp3) is 0.333. The SMILES string of the molecule is C=CCOC(=O)NCCOc1ccc(CCC(=O)O)cc1. The quantitative estimate of drug-likeness (QED) is 0.537. The summed E-state index contributed by atoms with van der Waals surface area (Å²) < 4.78 is 10.2. The minimum absolute atomic E-state index is 0.108. The first-order chi connectivity index (χ1) is 10.1. The molecule has 0 fully saturated rings. The zero-order valence-electron chi connectivity index (χ0n) is 11.7. The van der Waals surface area contributed by atoms with Gasteiger partial charge in [0.15, 0.2) is 0 Å². The Labute approximate surface area is 123 Å². The minimum atomic E-state index is -0.815. The van der Waals surface area contributed by atoms with Crippen LogP contribution in [0.5, 0.6) is 5.75 Å². The van der Waals surface area contributed by atoms with E-state index >= 15 is 0 Å². The van der Waals surface area contributed by atoms with Gasteiger partial charge in [-0.2, -0.15) is 0 Å². The molecule has 1 aromatic rings. The molecule has 1 aromatic carbocycles. The number of aryl methyl sites for hydroxylation is 1. The second kappa shape index (κ2) is 9.41. The van der Waals surface area contributed by atoms with Crippen LogP contribution in [-0.4, -0.2) is 36.9 Å². The maximum Gasteiger partial charge on any atom is 0.407 e. The molecule has 0 saturated heterocycles. The van der Waals surface area contributed by atoms with Crippen LogP contribution in [0.15, 0.2) is 36.9 Å². The van der Waals surface area contributed by atoms with Crippen molar-refractivity contribution < 1.29 is 24.2 Å². The van der Waals surface area contributed by atoms with Gasteiger partial charge in [-0.25, -0.2) is 4.79 Å². The smallest absolute Gasteiger partial charge is 0.407 e. The number of aliphatic carboxylic acids is 1. The van der Waals surface area contributed by atoms with Crippen molar-refractivity contribution in [3.8, 4) is 5.75 Å². The third-order valence-electron chi connectivity index (χ3n) is 2.52. The standard InChI is InChI=1S/C15H19NO5/c1-2-10-21-15(19)16-9-11-20-13-6-3-12(4-7-13)5-8-14(17)18/h2-4,6-7H,1,5,8-11H2,(H,16,19)(H,17,18). The molecule has 0 heterocycles. The first-order valence-corrected chi connectivity index (χ1v) is 6.57. The molecule has 0 bridgehead atoms. The number of hydrogen-bond acceptors (Lipinski definition) is 4. The topological polar surface area (TPSA) is 84.9 Å². The summed E-state index contributed by atoms with van der Waals surface area (Å²) in [5.41, 5.74) is 0.941. The van der Waals surface area contributed by atoms with Gasteiger partial charge in [-0.1, -0.05) is 24.8 Å². The van der Waals surface area contributed by atoms with Crippen molar-refractivity contribution in [2.45, 2.75) is 12.8 Å². The van der Waals surface area contributed by atoms with E-state index in [4.69, 9.17) is 14.6 Å². The van der Waals surface area contributed by atoms with E-state index < -0.39 is 12.1 Å². The van der Waals surface area contributed by atoms with Gasteiger partial charge in [0.25, 0.3) is 0 Å². The van der Waals surface area contributed by atoms with Gasteiger partial charge in [0.1, 0.15) is 19.0 Å². The Kier molecular flexibility index (Phi) is 7.42. The van der Waals surface area contributed by atoms with Crippen LogP contribution in [0.4, 0.5) is 4.79 Å². The number of ether oxygens (including phenoxy) is 2. The van der Waals surface area contributed by atoms with E-state index in [0.29, 0.717) is 25.3 Å². The Morgan fingerprint density at radius 2 is 2.00 bits per heavy atom. The monoisotopic (exact) mass is 293 g/mol. The van der Waals surface area contributed by atoms with Crippen molar-refractivity contribution >= 4 is 12.1 Å². The number of benzene rings is 1. The second-order valence-electron chi connectivity index (χ2n) is 4.20. The van der Waals surface area contributed by atoms with Crippen molar-refractivity contribution in [2.24, 2.45) is 0 Å². The predicted octanol–water partition coefficient (Wildman–Crippen LogP) is 1.99. The highest BCUT2D eigenvalue weighted by atomic mass is 16.5. The molecule has 0 aromatic heterocycles. The van der Waals surface area contributed by atoms with Crippen LogP contribution < -0.4 is 10.1 Å². The molecule has 0 unspecified atom stereocenters. The zero-order valence-corrected chi connectivity index (χ0v) is 11.7. The summed E-state index contributed by atoms with van der Waals surface area (Å²) in [6.45, 7) is 4.25. The summed E-state index contributed by atoms with van der Waals surface area (Å²) in [6.07, 6.45) is 1.58. The van der Waals surface area contributed by atoms with Gasteiger partial charge in [-0.3, -0.25) is 4.79 Å². The number of hydrogen-bond donors (Lipinski definition) is 2. The number of alkyl carbamates (subject to hydrolysis) is 1. The van der Waals surface area contributed by atoms with Crippen molar-refractivity contribution in [3.63, 3.8) is 0 Å². The van der Waals surface area contributed by atoms with Gasteiger partial charge in [0.2, 0.25) is 0 Å². The van der Waals surface area contributed by atoms with E-state index in [2.05, 4.69) is 11.9 Å². The van der Waals surface area contributed by atoms with Crippen molar-refractivity contribution in [3.05, 3.63) is 42.5 Å². The van der Waals surface area contributed by atoms with Crippen molar-refractivity contribution in [1.29, 1.82) is 0 Å². The van der Waals surface area contributed by atoms with Crippen molar-refractivity contribution in [1.82, 2.24) is 5.32 Å². The lowest BCUT2D eigenvalue weighted by Crippen LogP contribution is -2.28. The van der Waals surface area contributed by atoms with E-state index in [0.717, 1.165) is 5.56 Å². The maximum absolute atomic E-state index is 11.1. The molecule has 0 aliphatic rings. The summed E-state index contributed by atoms with van der Waals surface area (Å²) >= 11 is 0. The third-order valence-corrected chi connectivity index (χ3v) is 2.52. The van der Waals surface area contributed by atoms with E-state index in [9.17, 15) is 9.59 Å². The van der Waals surface area contributed by atoms with E-state index in [1.807, 2.05) is 12.1 Å². The zero-order chi connectivity index (χ0) is 15.5. The average Bonchev–Trinajstić information content (AvgIpc) is 2.48. The van der Waals surface area contributed by atoms with Crippen LogP contribution in [0.3, 0.4) is 0 Å². The Bertz CT molecular complexity index is 469. The van der Waals surface area contributed by atoms with Crippen LogP contribution in [0.1, 0.15) is 12.0 Å². The van der Waals surface area contributed by atoms with Gasteiger partial charge >= 0.3 is 12.1 Å². The van der Waals surface area contributed by atoms with Gasteiger partial charge in [0.05, 0.1) is 6.54 Å². The average molecular weight is 293 g/mol. The molecule has 2 N–H and O–H groups in total. The summed E-state index contributed by atoms with van der Waals surface area (Å²) in [5, 5.41) is 11.1. The lowest BCUT2D eigenvalue weighted by Gasteiger charge is -2.08. The number of carbonyl (C=O) groups excluding carboxylic acids is 1. The van der Waals surface area contributed by atoms with Gasteiger partial charge in [0, 0.05) is 6.42 Å². The molecule has 6 heteroatoms. The highest BCUT2D eigenvalue weighted by Crippen LogP contribution is 2.13. The van der Waals surface area contributed by atoms with E-state index in [1.165, 1.54) is 6.08 Å². The number of carbonyl (C=O) groups is 2. The number of carboxylic acids is 1. The normalized spacial score (nSPS) is 9.71. The predicted molar refractivity (Wildman–Crippen MR) is 77.4 cm³/mol. The molecular weight excluding hydrogens is 274 g/mol. The Hall–Kier alpha value is -2.50. The highest BCUT2D eigenvalue weighted by molar-refractivity contribution is 5.67. The second-order valence-corrected chi connectivity index (χ2v) is 4.20. The van der Waals surface area contributed by atoms with Crippen molar-refractivity contribution in [2.75, 3.05) is 19.8 Å². The van der Waals surface area contributed by atoms with Crippen LogP contribution in [0, 0.1) is 0 Å². The fourth-order valence-corrected chi connectivity index (χ4v) is 1.51. The maximum atomic E-state index is 11.1. The van der Waals surface area contributed by atoms with E-state index in [1.54, 1.807) is 12.1 Å². The highest BCUT2D eigenvalue weighted by Gasteiger charge is 2.01. The largest absolute Gasteiger partial charge is 0.492 e. The number of rotatable bonds is 9. The summed E-state index contributed by atoms with van der Waals surface area (Å²) in [4.78, 5) is 21.6. The summed E-state index contributed by atoms with van der Waals surface area (Å²) in [6, 6.07) is 7.19. The first-order valence-electron chi connectivity index (χ1n) is 6.57. The van der Waals surface area contributed by atoms with Crippen LogP contribution in [0.25, 0.3) is 0 Å². The third kappa shape index (κ3) is 7.61. The molecular formula is C15H19NO5. The Morgan fingerprint density at radius 1 is 1.29 bits per heavy atom. The number of amides is 1. The molecule has 21 heavy (non-hydrogen) atoms. The number of nitrogens with one attached hydrogen (secondary N) is 1. The molecule has 0 saturated carbocycles. The molecule has 0 spiro atoms. The summed E-state index contributed by atoms with van der Waals surface area (Å²) in [5.74, 6) is -0.153. The first kappa shape index (κ1) is 16.6. The lowest BCUT2D eigenvalue weighted by atomic mass is 10.1. The lowest BCUT2D eigenvalue weighted by molar-refractivity contribution is -0.136. The van der Waals surface area contributed by atoms with Gasteiger partial charge in [-0.05, 0) is 24.1 Å². The molecule has 0 aliphatic heterocycles. The number of carboxylic acid groups (broad SMARTS) is 1. The Balaban J connectivity index is 2.22. The molecule has 1 rings (SSSR count). The molecule has 114 valence electrons. The van der Waals surface area contributed by atoms with Crippen LogP contribution in [-0.2, 0) is 16.0 Å². The van der Waals surface area contributed by atoms with Gasteiger partial charge < -0.3 is 19.9 Å². The Morgan fingerprint density at radius 3 is 2.62 bits per heavy atom. The molecule has 0 atom stereocenters. The van der Waals surface area contributed by atoms with E-state index in [-0.39, 0.29) is 13.0 Å². The molecule has 0 aliphatic carbocycles. The minimum Gasteiger partial charge on any atom is -0.492 e. The van der Waals surface area contributed by atoms with Crippen LogP contribution >= 0.6 is 0 Å². The summed E-state index contributed by atoms with van der Waals surface area (Å²) in [7, 11) is 0. The van der Waals surface area contributed by atoms with Gasteiger partial charge in [-0.15, -0.1) is 0 Å². The fourth-order valence-electron chi connectivity index (χ4n) is 1.51. The molecule has 6 nitrogen and oxygen atoms in total. The molecule has 1 amide bonds. The van der Waals surface area contributed by atoms with Crippen LogP contribution in [0.2, 0.25) is 0 Å². The molecule has 0 radical (unpaired) electrons.